The zero-order valence-corrected chi connectivity index (χ0v) is 9.75. The molecule has 4 nitrogen and oxygen atoms in total. The van der Waals surface area contributed by atoms with Gasteiger partial charge in [-0.2, -0.15) is 13.2 Å². The average Bonchev–Trinajstić information content (AvgIpc) is 2.56. The van der Waals surface area contributed by atoms with Crippen LogP contribution < -0.4 is 0 Å². The number of rotatable bonds is 2. The number of alkyl halides is 3. The summed E-state index contributed by atoms with van der Waals surface area (Å²) in [5, 5.41) is 0. The van der Waals surface area contributed by atoms with Crippen molar-refractivity contribution >= 4 is 11.9 Å². The first-order valence-corrected chi connectivity index (χ1v) is 5.77. The zero-order chi connectivity index (χ0) is 13.6. The Morgan fingerprint density at radius 2 is 2.22 bits per heavy atom. The lowest BCUT2D eigenvalue weighted by Crippen LogP contribution is -2.46. The number of fused-ring (bicyclic) bond motifs is 2. The molecule has 2 bridgehead atoms. The lowest BCUT2D eigenvalue weighted by atomic mass is 9.73. The van der Waals surface area contributed by atoms with Crippen molar-refractivity contribution in [3.8, 4) is 0 Å². The number of carbonyl (C=O) groups is 2. The monoisotopic (exact) mass is 266 g/mol. The van der Waals surface area contributed by atoms with Gasteiger partial charge in [-0.25, -0.2) is 0 Å². The summed E-state index contributed by atoms with van der Waals surface area (Å²) in [5.41, 5.74) is -2.40. The minimum Gasteiger partial charge on any atom is -0.458 e. The summed E-state index contributed by atoms with van der Waals surface area (Å²) in [4.78, 5) is 22.6. The van der Waals surface area contributed by atoms with Gasteiger partial charge < -0.3 is 9.47 Å². The van der Waals surface area contributed by atoms with E-state index in [0.29, 0.717) is 0 Å². The van der Waals surface area contributed by atoms with E-state index in [1.807, 2.05) is 0 Å². The maximum Gasteiger partial charge on any atom is 0.405 e. The first kappa shape index (κ1) is 13.2. The number of carbonyl (C=O) groups excluding carboxylic acids is 2. The number of esters is 2. The van der Waals surface area contributed by atoms with E-state index in [9.17, 15) is 22.8 Å². The van der Waals surface area contributed by atoms with E-state index < -0.39 is 42.2 Å². The Bertz CT molecular complexity index is 379. The molecule has 7 heteroatoms. The third kappa shape index (κ3) is 1.85. The molecule has 1 saturated carbocycles. The Kier molecular flexibility index (Phi) is 3.03. The molecule has 0 aromatic rings. The maximum atomic E-state index is 12.9. The SMILES string of the molecule is CCC(=O)OC1CCC2(C(F)(F)F)CC1OC2=O. The molecule has 0 aromatic heterocycles. The fraction of sp³-hybridized carbons (Fsp3) is 0.818. The number of hydrogen-bond acceptors (Lipinski definition) is 4. The highest BCUT2D eigenvalue weighted by Crippen LogP contribution is 2.54. The van der Waals surface area contributed by atoms with Gasteiger partial charge in [0.15, 0.2) is 5.41 Å². The summed E-state index contributed by atoms with van der Waals surface area (Å²) < 4.78 is 48.5. The van der Waals surface area contributed by atoms with Crippen LogP contribution in [0.5, 0.6) is 0 Å². The topological polar surface area (TPSA) is 52.6 Å². The molecule has 2 rings (SSSR count). The van der Waals surface area contributed by atoms with Crippen LogP contribution in [0, 0.1) is 5.41 Å². The molecule has 1 aliphatic heterocycles. The summed E-state index contributed by atoms with van der Waals surface area (Å²) in [6.45, 7) is 1.59. The molecule has 0 amide bonds. The number of ether oxygens (including phenoxy) is 2. The van der Waals surface area contributed by atoms with Gasteiger partial charge in [0.05, 0.1) is 0 Å². The molecule has 3 atom stereocenters. The summed E-state index contributed by atoms with van der Waals surface area (Å²) >= 11 is 0. The van der Waals surface area contributed by atoms with Crippen LogP contribution in [0.4, 0.5) is 13.2 Å². The lowest BCUT2D eigenvalue weighted by molar-refractivity contribution is -0.226. The highest BCUT2D eigenvalue weighted by atomic mass is 19.4. The highest BCUT2D eigenvalue weighted by Gasteiger charge is 2.69. The molecular weight excluding hydrogens is 253 g/mol. The van der Waals surface area contributed by atoms with Crippen LogP contribution >= 0.6 is 0 Å². The minimum absolute atomic E-state index is 0.00164. The molecule has 0 aromatic carbocycles. The Morgan fingerprint density at radius 3 is 2.78 bits per heavy atom. The van der Waals surface area contributed by atoms with E-state index in [-0.39, 0.29) is 19.3 Å². The fourth-order valence-electron chi connectivity index (χ4n) is 2.46. The van der Waals surface area contributed by atoms with Crippen molar-refractivity contribution < 1.29 is 32.2 Å². The molecule has 2 fully saturated rings. The van der Waals surface area contributed by atoms with Gasteiger partial charge in [-0.05, 0) is 12.8 Å². The van der Waals surface area contributed by atoms with Crippen molar-refractivity contribution in [1.29, 1.82) is 0 Å². The predicted molar refractivity (Wildman–Crippen MR) is 52.4 cm³/mol. The van der Waals surface area contributed by atoms with Crippen molar-refractivity contribution in [3.63, 3.8) is 0 Å². The van der Waals surface area contributed by atoms with E-state index >= 15 is 0 Å². The lowest BCUT2D eigenvalue weighted by Gasteiger charge is -2.33. The molecule has 0 spiro atoms. The van der Waals surface area contributed by atoms with Gasteiger partial charge in [-0.3, -0.25) is 9.59 Å². The normalized spacial score (nSPS) is 35.2. The van der Waals surface area contributed by atoms with Crippen molar-refractivity contribution in [3.05, 3.63) is 0 Å². The molecule has 1 heterocycles. The molecule has 2 aliphatic rings. The Hall–Kier alpha value is -1.27. The largest absolute Gasteiger partial charge is 0.458 e. The second kappa shape index (κ2) is 4.13. The fourth-order valence-corrected chi connectivity index (χ4v) is 2.46. The molecule has 3 unspecified atom stereocenters. The van der Waals surface area contributed by atoms with E-state index in [2.05, 4.69) is 0 Å². The molecular formula is C11H13F3O4. The third-order valence-electron chi connectivity index (χ3n) is 3.58. The van der Waals surface area contributed by atoms with E-state index in [1.165, 1.54) is 0 Å². The molecule has 0 radical (unpaired) electrons. The van der Waals surface area contributed by atoms with Gasteiger partial charge in [0, 0.05) is 12.8 Å². The maximum absolute atomic E-state index is 12.9. The van der Waals surface area contributed by atoms with Gasteiger partial charge >= 0.3 is 18.1 Å². The number of hydrogen-bond donors (Lipinski definition) is 0. The number of halogens is 3. The van der Waals surface area contributed by atoms with Crippen molar-refractivity contribution in [2.24, 2.45) is 5.41 Å². The Balaban J connectivity index is 2.14. The second-order valence-electron chi connectivity index (χ2n) is 4.65. The van der Waals surface area contributed by atoms with E-state index in [1.54, 1.807) is 6.92 Å². The van der Waals surface area contributed by atoms with Gasteiger partial charge in [-0.15, -0.1) is 0 Å². The minimum atomic E-state index is -4.61. The summed E-state index contributed by atoms with van der Waals surface area (Å²) in [5.74, 6) is -1.74. The average molecular weight is 266 g/mol. The quantitative estimate of drug-likeness (QED) is 0.717. The van der Waals surface area contributed by atoms with Crippen LogP contribution in [-0.2, 0) is 19.1 Å². The van der Waals surface area contributed by atoms with Crippen molar-refractivity contribution in [2.75, 3.05) is 0 Å². The van der Waals surface area contributed by atoms with E-state index in [0.717, 1.165) is 0 Å². The van der Waals surface area contributed by atoms with Crippen LogP contribution in [0.2, 0.25) is 0 Å². The van der Waals surface area contributed by atoms with Gasteiger partial charge in [0.2, 0.25) is 0 Å². The summed E-state index contributed by atoms with van der Waals surface area (Å²) in [7, 11) is 0. The first-order chi connectivity index (χ1) is 8.30. The van der Waals surface area contributed by atoms with E-state index in [4.69, 9.17) is 9.47 Å². The van der Waals surface area contributed by atoms with Crippen LogP contribution in [0.25, 0.3) is 0 Å². The second-order valence-corrected chi connectivity index (χ2v) is 4.65. The van der Waals surface area contributed by atoms with Crippen molar-refractivity contribution in [2.45, 2.75) is 51.0 Å². The smallest absolute Gasteiger partial charge is 0.405 e. The predicted octanol–water partition coefficient (Wildman–Crippen LogP) is 1.97. The summed E-state index contributed by atoms with van der Waals surface area (Å²) in [6.07, 6.45) is -7.02. The van der Waals surface area contributed by atoms with Crippen molar-refractivity contribution in [1.82, 2.24) is 0 Å². The third-order valence-corrected chi connectivity index (χ3v) is 3.58. The van der Waals surface area contributed by atoms with Crippen LogP contribution in [0.1, 0.15) is 32.6 Å². The molecule has 102 valence electrons. The van der Waals surface area contributed by atoms with Gasteiger partial charge in [0.25, 0.3) is 0 Å². The Labute approximate surface area is 101 Å². The van der Waals surface area contributed by atoms with Crippen LogP contribution in [-0.4, -0.2) is 30.3 Å². The first-order valence-electron chi connectivity index (χ1n) is 5.77. The molecule has 18 heavy (non-hydrogen) atoms. The zero-order valence-electron chi connectivity index (χ0n) is 9.75. The molecule has 1 saturated heterocycles. The van der Waals surface area contributed by atoms with Crippen LogP contribution in [0.15, 0.2) is 0 Å². The summed E-state index contributed by atoms with van der Waals surface area (Å²) in [6, 6.07) is 0. The molecule has 1 aliphatic carbocycles. The standard InChI is InChI=1S/C11H13F3O4/c1-2-8(15)17-6-3-4-10(11(12,13)14)5-7(6)18-9(10)16/h6-7H,2-5H2,1H3. The van der Waals surface area contributed by atoms with Crippen LogP contribution in [0.3, 0.4) is 0 Å². The highest BCUT2D eigenvalue weighted by molar-refractivity contribution is 5.81. The van der Waals surface area contributed by atoms with Gasteiger partial charge in [0.1, 0.15) is 12.2 Å². The van der Waals surface area contributed by atoms with Gasteiger partial charge in [-0.1, -0.05) is 6.92 Å². The Morgan fingerprint density at radius 1 is 1.56 bits per heavy atom. The molecule has 0 N–H and O–H groups in total.